The second-order valence-electron chi connectivity index (χ2n) is 10.2. The van der Waals surface area contributed by atoms with Crippen LogP contribution in [0.15, 0.2) is 65.8 Å². The van der Waals surface area contributed by atoms with E-state index < -0.39 is 5.60 Å². The molecule has 1 aliphatic heterocycles. The monoisotopic (exact) mass is 483 g/mol. The topological polar surface area (TPSA) is 93.2 Å². The molecule has 0 unspecified atom stereocenters. The quantitative estimate of drug-likeness (QED) is 0.470. The lowest BCUT2D eigenvalue weighted by atomic mass is 9.91. The average molecular weight is 484 g/mol. The summed E-state index contributed by atoms with van der Waals surface area (Å²) in [5.74, 6) is 0.386. The average Bonchev–Trinajstić information content (AvgIpc) is 3.65. The lowest BCUT2D eigenvalue weighted by Crippen LogP contribution is -2.50. The van der Waals surface area contributed by atoms with Crippen LogP contribution in [0.1, 0.15) is 31.2 Å². The lowest BCUT2D eigenvalue weighted by Gasteiger charge is -2.38. The first-order valence-electron chi connectivity index (χ1n) is 12.5. The van der Waals surface area contributed by atoms with E-state index in [0.717, 1.165) is 29.7 Å². The Morgan fingerprint density at radius 3 is 2.53 bits per heavy atom. The minimum Gasteiger partial charge on any atom is -0.388 e. The molecule has 4 aromatic rings. The van der Waals surface area contributed by atoms with Crippen LogP contribution in [0, 0.1) is 12.8 Å². The molecule has 6 rings (SSSR count). The number of carbonyl (C=O) groups is 1. The maximum absolute atomic E-state index is 13.2. The molecule has 1 saturated heterocycles. The minimum absolute atomic E-state index is 0.149. The van der Waals surface area contributed by atoms with Gasteiger partial charge in [0.05, 0.1) is 24.0 Å². The van der Waals surface area contributed by atoms with Crippen molar-refractivity contribution in [3.05, 3.63) is 77.0 Å². The van der Waals surface area contributed by atoms with E-state index in [-0.39, 0.29) is 23.9 Å². The van der Waals surface area contributed by atoms with Crippen molar-refractivity contribution in [2.45, 2.75) is 44.8 Å². The third-order valence-corrected chi connectivity index (χ3v) is 7.41. The number of likely N-dealkylation sites (tertiary alicyclic amines) is 1. The van der Waals surface area contributed by atoms with E-state index in [0.29, 0.717) is 37.0 Å². The summed E-state index contributed by atoms with van der Waals surface area (Å²) >= 11 is 0. The van der Waals surface area contributed by atoms with Crippen molar-refractivity contribution < 1.29 is 9.90 Å². The molecule has 1 saturated carbocycles. The van der Waals surface area contributed by atoms with E-state index in [1.165, 1.54) is 22.7 Å². The van der Waals surface area contributed by atoms with Gasteiger partial charge in [-0.2, -0.15) is 5.10 Å². The van der Waals surface area contributed by atoms with Gasteiger partial charge in [0.1, 0.15) is 11.7 Å². The molecule has 3 heterocycles. The first-order valence-corrected chi connectivity index (χ1v) is 12.5. The molecule has 36 heavy (non-hydrogen) atoms. The predicted molar refractivity (Wildman–Crippen MR) is 137 cm³/mol. The van der Waals surface area contributed by atoms with Gasteiger partial charge in [0.2, 0.25) is 5.91 Å². The predicted octanol–water partition coefficient (Wildman–Crippen LogP) is 3.32. The zero-order valence-electron chi connectivity index (χ0n) is 20.3. The maximum atomic E-state index is 13.2. The van der Waals surface area contributed by atoms with Crippen LogP contribution in [0.3, 0.4) is 0 Å². The molecular formula is C28H29N5O3. The number of hydrogen-bond acceptors (Lipinski definition) is 5. The van der Waals surface area contributed by atoms with E-state index >= 15 is 0 Å². The number of aryl methyl sites for hydroxylation is 1. The van der Waals surface area contributed by atoms with Gasteiger partial charge in [-0.1, -0.05) is 42.0 Å². The number of rotatable bonds is 5. The maximum Gasteiger partial charge on any atom is 0.264 e. The van der Waals surface area contributed by atoms with E-state index in [1.54, 1.807) is 4.68 Å². The summed E-state index contributed by atoms with van der Waals surface area (Å²) in [5.41, 5.74) is 3.49. The largest absolute Gasteiger partial charge is 0.388 e. The SMILES string of the molecule is Cc1cccc(-c2ccc(-n3ncc4c(=O)n(CC5(O)CCN(C(=O)C6CC6)CC5)cnc43)cc2)c1. The van der Waals surface area contributed by atoms with Crippen LogP contribution in [-0.2, 0) is 11.3 Å². The van der Waals surface area contributed by atoms with Gasteiger partial charge in [0.15, 0.2) is 5.65 Å². The summed E-state index contributed by atoms with van der Waals surface area (Å²) < 4.78 is 3.13. The number of aromatic nitrogens is 4. The van der Waals surface area contributed by atoms with E-state index in [1.807, 2.05) is 35.2 Å². The molecule has 8 heteroatoms. The number of aliphatic hydroxyl groups is 1. The molecule has 1 N–H and O–H groups in total. The van der Waals surface area contributed by atoms with Gasteiger partial charge in [0.25, 0.3) is 5.56 Å². The summed E-state index contributed by atoms with van der Waals surface area (Å²) in [4.78, 5) is 31.9. The third-order valence-electron chi connectivity index (χ3n) is 7.41. The van der Waals surface area contributed by atoms with Crippen molar-refractivity contribution in [1.82, 2.24) is 24.2 Å². The van der Waals surface area contributed by atoms with Crippen molar-refractivity contribution in [2.75, 3.05) is 13.1 Å². The van der Waals surface area contributed by atoms with E-state index in [4.69, 9.17) is 0 Å². The first-order chi connectivity index (χ1) is 17.4. The smallest absolute Gasteiger partial charge is 0.264 e. The van der Waals surface area contributed by atoms with E-state index in [2.05, 4.69) is 35.2 Å². The highest BCUT2D eigenvalue weighted by Gasteiger charge is 2.39. The van der Waals surface area contributed by atoms with Crippen LogP contribution < -0.4 is 5.56 Å². The number of carbonyl (C=O) groups excluding carboxylic acids is 1. The number of piperidine rings is 1. The van der Waals surface area contributed by atoms with Crippen molar-refractivity contribution in [3.8, 4) is 16.8 Å². The summed E-state index contributed by atoms with van der Waals surface area (Å²) in [6.45, 7) is 3.26. The van der Waals surface area contributed by atoms with Gasteiger partial charge in [-0.05, 0) is 55.9 Å². The fourth-order valence-corrected chi connectivity index (χ4v) is 5.08. The first kappa shape index (κ1) is 22.7. The highest BCUT2D eigenvalue weighted by atomic mass is 16.3. The fourth-order valence-electron chi connectivity index (χ4n) is 5.08. The molecule has 1 aliphatic carbocycles. The molecule has 184 valence electrons. The molecule has 8 nitrogen and oxygen atoms in total. The molecule has 0 atom stereocenters. The Balaban J connectivity index is 1.21. The Kier molecular flexibility index (Phi) is 5.48. The van der Waals surface area contributed by atoms with Crippen LogP contribution in [0.5, 0.6) is 0 Å². The minimum atomic E-state index is -1.04. The second-order valence-corrected chi connectivity index (χ2v) is 10.2. The third kappa shape index (κ3) is 4.22. The molecule has 1 amide bonds. The molecule has 0 radical (unpaired) electrons. The lowest BCUT2D eigenvalue weighted by molar-refractivity contribution is -0.137. The van der Waals surface area contributed by atoms with Gasteiger partial charge in [-0.15, -0.1) is 0 Å². The Morgan fingerprint density at radius 2 is 1.83 bits per heavy atom. The standard InChI is InChI=1S/C28H29N5O3/c1-19-3-2-4-22(15-19)20-7-9-23(10-8-20)33-25-24(16-30-33)27(35)32(18-29-25)17-28(36)11-13-31(14-12-28)26(34)21-5-6-21/h2-4,7-10,15-16,18,21,36H,5-6,11-14,17H2,1H3. The Hall–Kier alpha value is -3.78. The van der Waals surface area contributed by atoms with Crippen molar-refractivity contribution in [3.63, 3.8) is 0 Å². The molecule has 0 spiro atoms. The van der Waals surface area contributed by atoms with Gasteiger partial charge in [-0.3, -0.25) is 14.2 Å². The summed E-state index contributed by atoms with van der Waals surface area (Å²) in [7, 11) is 0. The number of amides is 1. The van der Waals surface area contributed by atoms with Gasteiger partial charge >= 0.3 is 0 Å². The summed E-state index contributed by atoms with van der Waals surface area (Å²) in [6, 6.07) is 16.4. The number of benzene rings is 2. The molecular weight excluding hydrogens is 454 g/mol. The number of fused-ring (bicyclic) bond motifs is 1. The zero-order chi connectivity index (χ0) is 24.9. The Bertz CT molecular complexity index is 1490. The Labute approximate surface area is 208 Å². The molecule has 2 aromatic heterocycles. The normalized spacial score (nSPS) is 17.4. The van der Waals surface area contributed by atoms with E-state index in [9.17, 15) is 14.7 Å². The van der Waals surface area contributed by atoms with Crippen LogP contribution in [-0.4, -0.2) is 53.9 Å². The van der Waals surface area contributed by atoms with Gasteiger partial charge < -0.3 is 10.0 Å². The number of hydrogen-bond donors (Lipinski definition) is 1. The van der Waals surface area contributed by atoms with Crippen molar-refractivity contribution in [2.24, 2.45) is 5.92 Å². The molecule has 2 aromatic carbocycles. The van der Waals surface area contributed by atoms with Crippen LogP contribution >= 0.6 is 0 Å². The van der Waals surface area contributed by atoms with Crippen molar-refractivity contribution in [1.29, 1.82) is 0 Å². The van der Waals surface area contributed by atoms with Crippen LogP contribution in [0.2, 0.25) is 0 Å². The molecule has 2 aliphatic rings. The van der Waals surface area contributed by atoms with Crippen LogP contribution in [0.25, 0.3) is 27.8 Å². The molecule has 0 bridgehead atoms. The highest BCUT2D eigenvalue weighted by molar-refractivity contribution is 5.81. The fraction of sp³-hybridized carbons (Fsp3) is 0.357. The molecule has 2 fully saturated rings. The highest BCUT2D eigenvalue weighted by Crippen LogP contribution is 2.33. The summed E-state index contributed by atoms with van der Waals surface area (Å²) in [5, 5.41) is 16.0. The second kappa shape index (κ2) is 8.71. The van der Waals surface area contributed by atoms with Crippen molar-refractivity contribution >= 4 is 16.9 Å². The van der Waals surface area contributed by atoms with Crippen LogP contribution in [0.4, 0.5) is 0 Å². The number of nitrogens with zero attached hydrogens (tertiary/aromatic N) is 5. The Morgan fingerprint density at radius 1 is 1.08 bits per heavy atom. The summed E-state index contributed by atoms with van der Waals surface area (Å²) in [6.07, 6.45) is 5.88. The van der Waals surface area contributed by atoms with Gasteiger partial charge in [-0.25, -0.2) is 9.67 Å². The zero-order valence-corrected chi connectivity index (χ0v) is 20.3. The van der Waals surface area contributed by atoms with Gasteiger partial charge in [0, 0.05) is 19.0 Å².